The second-order valence-corrected chi connectivity index (χ2v) is 8.24. The second-order valence-electron chi connectivity index (χ2n) is 8.24. The van der Waals surface area contributed by atoms with E-state index in [-0.39, 0.29) is 11.5 Å². The van der Waals surface area contributed by atoms with Gasteiger partial charge in [-0.05, 0) is 30.3 Å². The monoisotopic (exact) mass is 479 g/mol. The number of H-pyrrole nitrogens is 1. The molecule has 0 fully saturated rings. The number of imidazole rings is 1. The molecule has 2 N–H and O–H groups in total. The number of carbonyl (C=O) groups is 1. The fourth-order valence-corrected chi connectivity index (χ4v) is 4.36. The molecular formula is C25H18FN9O. The van der Waals surface area contributed by atoms with Crippen molar-refractivity contribution < 1.29 is 9.18 Å². The fraction of sp³-hybridized carbons (Fsp3) is 0.120. The average Bonchev–Trinajstić information content (AvgIpc) is 3.56. The van der Waals surface area contributed by atoms with Crippen molar-refractivity contribution >= 4 is 28.6 Å². The average molecular weight is 479 g/mol. The number of anilines is 2. The Hall–Kier alpha value is -5.11. The van der Waals surface area contributed by atoms with E-state index in [0.29, 0.717) is 41.4 Å². The Kier molecular flexibility index (Phi) is 5.11. The minimum Gasteiger partial charge on any atom is -0.348 e. The second kappa shape index (κ2) is 8.59. The zero-order valence-corrected chi connectivity index (χ0v) is 18.8. The summed E-state index contributed by atoms with van der Waals surface area (Å²) in [6.45, 7) is 7.62. The van der Waals surface area contributed by atoms with Crippen LogP contribution in [0.25, 0.3) is 10.4 Å². The summed E-state index contributed by atoms with van der Waals surface area (Å²) in [5.41, 5.74) is 3.97. The molecule has 11 heteroatoms. The van der Waals surface area contributed by atoms with Gasteiger partial charge in [-0.25, -0.2) is 28.7 Å². The van der Waals surface area contributed by atoms with Crippen molar-refractivity contribution in [2.45, 2.75) is 12.5 Å². The molecule has 0 unspecified atom stereocenters. The molecule has 0 saturated heterocycles. The maximum absolute atomic E-state index is 14.4. The van der Waals surface area contributed by atoms with Crippen LogP contribution in [0.15, 0.2) is 67.4 Å². The van der Waals surface area contributed by atoms with Gasteiger partial charge in [0.1, 0.15) is 28.9 Å². The van der Waals surface area contributed by atoms with E-state index in [1.165, 1.54) is 23.0 Å². The van der Waals surface area contributed by atoms with E-state index >= 15 is 0 Å². The molecule has 0 spiro atoms. The molecule has 1 amide bonds. The van der Waals surface area contributed by atoms with E-state index in [0.717, 1.165) is 11.4 Å². The number of fused-ring (bicyclic) bond motifs is 2. The van der Waals surface area contributed by atoms with Gasteiger partial charge in [-0.3, -0.25) is 4.79 Å². The first kappa shape index (κ1) is 21.4. The Morgan fingerprint density at radius 2 is 2.03 bits per heavy atom. The Bertz CT molecular complexity index is 1620. The standard InChI is InChI=1S/C25H18FN9O/c1-27-15-4-6-16(7-5-15)32-25(36)20-12-29-22(13-28-20)34-10-8-18-23(31-14-30-18)24(34)19-11-21-17(26)3-2-9-35(21)33-19/h2-7,9,11-14,24H,8,10H2,(H,30,31)(H,32,36)/t24-/m1/s1. The van der Waals surface area contributed by atoms with E-state index in [9.17, 15) is 9.18 Å². The highest BCUT2D eigenvalue weighted by Crippen LogP contribution is 2.36. The zero-order valence-electron chi connectivity index (χ0n) is 18.8. The predicted molar refractivity (Wildman–Crippen MR) is 129 cm³/mol. The lowest BCUT2D eigenvalue weighted by atomic mass is 10.00. The molecule has 1 atom stereocenters. The summed E-state index contributed by atoms with van der Waals surface area (Å²) in [6.07, 6.45) is 7.00. The summed E-state index contributed by atoms with van der Waals surface area (Å²) in [5.74, 6) is -0.228. The van der Waals surface area contributed by atoms with Crippen LogP contribution in [0.2, 0.25) is 0 Å². The highest BCUT2D eigenvalue weighted by molar-refractivity contribution is 6.02. The van der Waals surface area contributed by atoms with Gasteiger partial charge in [-0.2, -0.15) is 5.10 Å². The van der Waals surface area contributed by atoms with Crippen LogP contribution in [0.3, 0.4) is 0 Å². The number of hydrogen-bond acceptors (Lipinski definition) is 6. The minimum absolute atomic E-state index is 0.150. The fourth-order valence-electron chi connectivity index (χ4n) is 4.36. The first-order chi connectivity index (χ1) is 17.6. The third kappa shape index (κ3) is 3.70. The molecule has 0 aliphatic carbocycles. The van der Waals surface area contributed by atoms with Gasteiger partial charge in [-0.1, -0.05) is 12.1 Å². The summed E-state index contributed by atoms with van der Waals surface area (Å²) in [4.78, 5) is 34.5. The number of nitrogens with one attached hydrogen (secondary N) is 2. The Balaban J connectivity index is 1.30. The largest absolute Gasteiger partial charge is 0.348 e. The number of carbonyl (C=O) groups excluding carboxylic acids is 1. The molecule has 36 heavy (non-hydrogen) atoms. The molecule has 1 aliphatic heterocycles. The first-order valence-corrected chi connectivity index (χ1v) is 11.1. The highest BCUT2D eigenvalue weighted by Gasteiger charge is 2.34. The Morgan fingerprint density at radius 1 is 1.17 bits per heavy atom. The van der Waals surface area contributed by atoms with E-state index in [2.05, 4.69) is 35.2 Å². The predicted octanol–water partition coefficient (Wildman–Crippen LogP) is 3.94. The molecule has 1 aromatic carbocycles. The van der Waals surface area contributed by atoms with Crippen LogP contribution in [0.4, 0.5) is 21.6 Å². The molecule has 4 aromatic heterocycles. The molecule has 176 valence electrons. The van der Waals surface area contributed by atoms with Gasteiger partial charge in [-0.15, -0.1) is 0 Å². The van der Waals surface area contributed by atoms with E-state index in [4.69, 9.17) is 6.57 Å². The molecule has 0 radical (unpaired) electrons. The van der Waals surface area contributed by atoms with Crippen molar-refractivity contribution in [3.05, 3.63) is 107 Å². The smallest absolute Gasteiger partial charge is 0.275 e. The van der Waals surface area contributed by atoms with Crippen LogP contribution < -0.4 is 10.2 Å². The number of halogens is 1. The highest BCUT2D eigenvalue weighted by atomic mass is 19.1. The number of rotatable bonds is 4. The van der Waals surface area contributed by atoms with Crippen molar-refractivity contribution in [3.63, 3.8) is 0 Å². The summed E-state index contributed by atoms with van der Waals surface area (Å²) < 4.78 is 15.9. The summed E-state index contributed by atoms with van der Waals surface area (Å²) in [7, 11) is 0. The molecule has 10 nitrogen and oxygen atoms in total. The number of aromatic amines is 1. The minimum atomic E-state index is -0.412. The molecule has 5 heterocycles. The zero-order chi connectivity index (χ0) is 24.6. The van der Waals surface area contributed by atoms with Crippen molar-refractivity contribution in [1.29, 1.82) is 0 Å². The van der Waals surface area contributed by atoms with Crippen LogP contribution >= 0.6 is 0 Å². The Morgan fingerprint density at radius 3 is 2.78 bits per heavy atom. The molecule has 5 aromatic rings. The number of amides is 1. The number of pyridine rings is 1. The first-order valence-electron chi connectivity index (χ1n) is 11.1. The lowest BCUT2D eigenvalue weighted by Crippen LogP contribution is -2.37. The third-order valence-corrected chi connectivity index (χ3v) is 6.09. The van der Waals surface area contributed by atoms with Crippen molar-refractivity contribution in [2.75, 3.05) is 16.8 Å². The molecule has 1 aliphatic rings. The topological polar surface area (TPSA) is 108 Å². The van der Waals surface area contributed by atoms with E-state index in [1.54, 1.807) is 48.9 Å². The van der Waals surface area contributed by atoms with Crippen LogP contribution in [-0.4, -0.2) is 42.0 Å². The maximum atomic E-state index is 14.4. The maximum Gasteiger partial charge on any atom is 0.275 e. The number of nitrogens with zero attached hydrogens (tertiary/aromatic N) is 7. The molecular weight excluding hydrogens is 461 g/mol. The Labute approximate surface area is 204 Å². The summed E-state index contributed by atoms with van der Waals surface area (Å²) in [6, 6.07) is 10.9. The van der Waals surface area contributed by atoms with Crippen molar-refractivity contribution in [3.8, 4) is 0 Å². The normalized spacial score (nSPS) is 14.9. The van der Waals surface area contributed by atoms with Crippen LogP contribution in [0.5, 0.6) is 0 Å². The van der Waals surface area contributed by atoms with Gasteiger partial charge >= 0.3 is 0 Å². The van der Waals surface area contributed by atoms with Crippen LogP contribution in [0.1, 0.15) is 33.6 Å². The van der Waals surface area contributed by atoms with Crippen LogP contribution in [-0.2, 0) is 6.42 Å². The van der Waals surface area contributed by atoms with Crippen molar-refractivity contribution in [1.82, 2.24) is 29.5 Å². The van der Waals surface area contributed by atoms with Crippen molar-refractivity contribution in [2.24, 2.45) is 0 Å². The van der Waals surface area contributed by atoms with Gasteiger partial charge in [0.2, 0.25) is 0 Å². The van der Waals surface area contributed by atoms with Gasteiger partial charge in [0.15, 0.2) is 5.69 Å². The lowest BCUT2D eigenvalue weighted by molar-refractivity contribution is 0.102. The van der Waals surface area contributed by atoms with Gasteiger partial charge < -0.3 is 15.2 Å². The molecule has 0 saturated carbocycles. The SMILES string of the molecule is [C-]#[N+]c1ccc(NC(=O)c2cnc(N3CCc4[nH]cnc4[C@H]3c3cc4c(F)cccn4n3)cn2)cc1. The number of hydrogen-bond donors (Lipinski definition) is 2. The van der Waals surface area contributed by atoms with Gasteiger partial charge in [0.05, 0.1) is 36.7 Å². The lowest BCUT2D eigenvalue weighted by Gasteiger charge is -2.34. The molecule has 0 bridgehead atoms. The number of aromatic nitrogens is 6. The van der Waals surface area contributed by atoms with Crippen LogP contribution in [0, 0.1) is 12.4 Å². The third-order valence-electron chi connectivity index (χ3n) is 6.09. The van der Waals surface area contributed by atoms with Gasteiger partial charge in [0, 0.05) is 30.5 Å². The van der Waals surface area contributed by atoms with E-state index in [1.807, 2.05) is 4.90 Å². The molecule has 6 rings (SSSR count). The number of benzene rings is 1. The van der Waals surface area contributed by atoms with Gasteiger partial charge in [0.25, 0.3) is 5.91 Å². The summed E-state index contributed by atoms with van der Waals surface area (Å²) >= 11 is 0. The van der Waals surface area contributed by atoms with E-state index < -0.39 is 11.9 Å². The summed E-state index contributed by atoms with van der Waals surface area (Å²) in [5, 5.41) is 7.36. The quantitative estimate of drug-likeness (QED) is 0.378.